The molecule has 1 aliphatic heterocycles. The molecule has 1 aromatic heterocycles. The molecule has 1 aliphatic rings. The van der Waals surface area contributed by atoms with Gasteiger partial charge in [-0.05, 0) is 62.7 Å². The van der Waals surface area contributed by atoms with Crippen LogP contribution in [0, 0.1) is 0 Å². The van der Waals surface area contributed by atoms with Crippen molar-refractivity contribution in [3.8, 4) is 22.9 Å². The minimum absolute atomic E-state index is 0.164. The van der Waals surface area contributed by atoms with Gasteiger partial charge in [0.2, 0.25) is 5.82 Å². The standard InChI is InChI=1S/C24H26N4O4/c1-5-28-15(3)20(21(25-24(28)29)16-7-13-19(14-8-16)31-6-2)23-26-22(27-32-23)17-9-11-18(30-4)12-10-17/h7-14,21H,5-6H2,1-4H3,(H,25,29). The van der Waals surface area contributed by atoms with E-state index in [9.17, 15) is 4.79 Å². The molecule has 2 aromatic carbocycles. The number of amides is 2. The number of nitrogens with zero attached hydrogens (tertiary/aromatic N) is 3. The van der Waals surface area contributed by atoms with Gasteiger partial charge in [0.25, 0.3) is 5.89 Å². The largest absolute Gasteiger partial charge is 0.497 e. The monoisotopic (exact) mass is 434 g/mol. The highest BCUT2D eigenvalue weighted by molar-refractivity contribution is 5.86. The highest BCUT2D eigenvalue weighted by Gasteiger charge is 2.35. The molecule has 1 atom stereocenters. The molecule has 8 heteroatoms. The number of hydrogen-bond donors (Lipinski definition) is 1. The molecule has 32 heavy (non-hydrogen) atoms. The summed E-state index contributed by atoms with van der Waals surface area (Å²) in [6.45, 7) is 6.88. The van der Waals surface area contributed by atoms with Gasteiger partial charge >= 0.3 is 6.03 Å². The molecule has 0 aliphatic carbocycles. The average Bonchev–Trinajstić information content (AvgIpc) is 3.29. The summed E-state index contributed by atoms with van der Waals surface area (Å²) in [7, 11) is 1.62. The van der Waals surface area contributed by atoms with Crippen molar-refractivity contribution in [2.75, 3.05) is 20.3 Å². The van der Waals surface area contributed by atoms with Crippen molar-refractivity contribution >= 4 is 11.6 Å². The number of hydrogen-bond acceptors (Lipinski definition) is 6. The van der Waals surface area contributed by atoms with Crippen LogP contribution in [-0.2, 0) is 0 Å². The van der Waals surface area contributed by atoms with Crippen LogP contribution in [0.3, 0.4) is 0 Å². The van der Waals surface area contributed by atoms with E-state index in [-0.39, 0.29) is 6.03 Å². The molecule has 0 saturated heterocycles. The lowest BCUT2D eigenvalue weighted by molar-refractivity contribution is 0.207. The molecule has 3 aromatic rings. The third-order valence-electron chi connectivity index (χ3n) is 5.44. The zero-order valence-electron chi connectivity index (χ0n) is 18.6. The van der Waals surface area contributed by atoms with Gasteiger partial charge < -0.3 is 19.3 Å². The Morgan fingerprint density at radius 3 is 2.38 bits per heavy atom. The lowest BCUT2D eigenvalue weighted by Gasteiger charge is -2.34. The smallest absolute Gasteiger partial charge is 0.322 e. The number of carbonyl (C=O) groups is 1. The second-order valence-corrected chi connectivity index (χ2v) is 7.28. The van der Waals surface area contributed by atoms with Crippen molar-refractivity contribution in [3.05, 3.63) is 65.7 Å². The molecule has 1 N–H and O–H groups in total. The molecule has 1 unspecified atom stereocenters. The van der Waals surface area contributed by atoms with Gasteiger partial charge in [0, 0.05) is 17.8 Å². The molecule has 166 valence electrons. The van der Waals surface area contributed by atoms with Gasteiger partial charge in [0.15, 0.2) is 0 Å². The number of carbonyl (C=O) groups excluding carboxylic acids is 1. The van der Waals surface area contributed by atoms with Crippen LogP contribution >= 0.6 is 0 Å². The van der Waals surface area contributed by atoms with E-state index in [0.29, 0.717) is 24.9 Å². The van der Waals surface area contributed by atoms with Crippen LogP contribution in [0.15, 0.2) is 58.8 Å². The first-order valence-corrected chi connectivity index (χ1v) is 10.6. The minimum atomic E-state index is -0.426. The molecular formula is C24H26N4O4. The Labute approximate surface area is 186 Å². The van der Waals surface area contributed by atoms with Crippen molar-refractivity contribution in [2.24, 2.45) is 0 Å². The van der Waals surface area contributed by atoms with Crippen LogP contribution in [0.25, 0.3) is 17.0 Å². The summed E-state index contributed by atoms with van der Waals surface area (Å²) in [4.78, 5) is 19.0. The van der Waals surface area contributed by atoms with Gasteiger partial charge in [-0.2, -0.15) is 4.98 Å². The van der Waals surface area contributed by atoms with Gasteiger partial charge in [-0.25, -0.2) is 4.79 Å². The van der Waals surface area contributed by atoms with Crippen molar-refractivity contribution in [2.45, 2.75) is 26.8 Å². The van der Waals surface area contributed by atoms with Crippen LogP contribution in [0.1, 0.15) is 38.3 Å². The minimum Gasteiger partial charge on any atom is -0.497 e. The molecule has 2 heterocycles. The number of methoxy groups -OCH3 is 1. The maximum atomic E-state index is 12.7. The highest BCUT2D eigenvalue weighted by Crippen LogP contribution is 2.37. The highest BCUT2D eigenvalue weighted by atomic mass is 16.5. The first-order chi connectivity index (χ1) is 15.5. The Morgan fingerprint density at radius 1 is 1.06 bits per heavy atom. The number of benzene rings is 2. The SMILES string of the molecule is CCOc1ccc(C2NC(=O)N(CC)C(C)=C2c2nc(-c3ccc(OC)cc3)no2)cc1. The maximum absolute atomic E-state index is 12.7. The Balaban J connectivity index is 1.74. The fourth-order valence-electron chi connectivity index (χ4n) is 3.80. The Hall–Kier alpha value is -3.81. The predicted molar refractivity (Wildman–Crippen MR) is 120 cm³/mol. The van der Waals surface area contributed by atoms with Crippen LogP contribution in [0.2, 0.25) is 0 Å². The van der Waals surface area contributed by atoms with E-state index >= 15 is 0 Å². The van der Waals surface area contributed by atoms with E-state index in [1.54, 1.807) is 12.0 Å². The Morgan fingerprint density at radius 2 is 1.75 bits per heavy atom. The van der Waals surface area contributed by atoms with Crippen molar-refractivity contribution in [1.82, 2.24) is 20.4 Å². The normalized spacial score (nSPS) is 16.2. The van der Waals surface area contributed by atoms with Crippen molar-refractivity contribution < 1.29 is 18.8 Å². The summed E-state index contributed by atoms with van der Waals surface area (Å²) in [6.07, 6.45) is 0. The number of nitrogens with one attached hydrogen (secondary N) is 1. The van der Waals surface area contributed by atoms with Gasteiger partial charge in [0.1, 0.15) is 11.5 Å². The van der Waals surface area contributed by atoms with E-state index < -0.39 is 6.04 Å². The molecule has 0 bridgehead atoms. The fraction of sp³-hybridized carbons (Fsp3) is 0.292. The molecule has 0 spiro atoms. The van der Waals surface area contributed by atoms with Crippen LogP contribution < -0.4 is 14.8 Å². The van der Waals surface area contributed by atoms with Crippen molar-refractivity contribution in [3.63, 3.8) is 0 Å². The van der Waals surface area contributed by atoms with Gasteiger partial charge in [0.05, 0.1) is 25.3 Å². The predicted octanol–water partition coefficient (Wildman–Crippen LogP) is 4.66. The lowest BCUT2D eigenvalue weighted by atomic mass is 9.94. The molecule has 2 amide bonds. The number of aromatic nitrogens is 2. The van der Waals surface area contributed by atoms with E-state index in [1.165, 1.54) is 0 Å². The fourth-order valence-corrected chi connectivity index (χ4v) is 3.80. The van der Waals surface area contributed by atoms with E-state index in [0.717, 1.165) is 33.9 Å². The average molecular weight is 434 g/mol. The summed E-state index contributed by atoms with van der Waals surface area (Å²) in [5, 5.41) is 7.25. The summed E-state index contributed by atoms with van der Waals surface area (Å²) < 4.78 is 16.4. The molecule has 0 saturated carbocycles. The Bertz CT molecular complexity index is 1120. The number of ether oxygens (including phenoxy) is 2. The Kier molecular flexibility index (Phi) is 6.11. The zero-order valence-corrected chi connectivity index (χ0v) is 18.6. The van der Waals surface area contributed by atoms with E-state index in [4.69, 9.17) is 14.0 Å². The van der Waals surface area contributed by atoms with Crippen LogP contribution in [0.4, 0.5) is 4.79 Å². The van der Waals surface area contributed by atoms with E-state index in [2.05, 4.69) is 15.5 Å². The first kappa shape index (κ1) is 21.4. The van der Waals surface area contributed by atoms with Gasteiger partial charge in [-0.1, -0.05) is 17.3 Å². The summed E-state index contributed by atoms with van der Waals surface area (Å²) >= 11 is 0. The topological polar surface area (TPSA) is 89.7 Å². The molecular weight excluding hydrogens is 408 g/mol. The lowest BCUT2D eigenvalue weighted by Crippen LogP contribution is -2.45. The second-order valence-electron chi connectivity index (χ2n) is 7.28. The first-order valence-electron chi connectivity index (χ1n) is 10.6. The third kappa shape index (κ3) is 4.03. The van der Waals surface area contributed by atoms with E-state index in [1.807, 2.05) is 69.3 Å². The van der Waals surface area contributed by atoms with Crippen molar-refractivity contribution in [1.29, 1.82) is 0 Å². The van der Waals surface area contributed by atoms with Crippen LogP contribution in [0.5, 0.6) is 11.5 Å². The van der Waals surface area contributed by atoms with Crippen LogP contribution in [-0.4, -0.2) is 41.3 Å². The molecule has 8 nitrogen and oxygen atoms in total. The maximum Gasteiger partial charge on any atom is 0.322 e. The zero-order chi connectivity index (χ0) is 22.7. The summed E-state index contributed by atoms with van der Waals surface area (Å²) in [6, 6.07) is 14.5. The quantitative estimate of drug-likeness (QED) is 0.582. The number of urea groups is 1. The molecule has 0 radical (unpaired) electrons. The molecule has 4 rings (SSSR count). The summed E-state index contributed by atoms with van der Waals surface area (Å²) in [5.74, 6) is 2.36. The summed E-state index contributed by atoms with van der Waals surface area (Å²) in [5.41, 5.74) is 3.25. The molecule has 0 fully saturated rings. The number of rotatable bonds is 7. The second kappa shape index (κ2) is 9.13. The number of allylic oxidation sites excluding steroid dienone is 1. The third-order valence-corrected chi connectivity index (χ3v) is 5.44. The van der Waals surface area contributed by atoms with Gasteiger partial charge in [-0.3, -0.25) is 4.90 Å². The van der Waals surface area contributed by atoms with Gasteiger partial charge in [-0.15, -0.1) is 0 Å².